The lowest BCUT2D eigenvalue weighted by Gasteiger charge is -2.23. The number of carbonyl (C=O) groups excluding carboxylic acids is 2. The van der Waals surface area contributed by atoms with Gasteiger partial charge in [-0.1, -0.05) is 33.1 Å². The standard InChI is InChI=1S/C21H33N3O2/c1-14(2)16(4)23-20(25)13-22-19-11-10-17(12-15(19)3)21(26)24-18-8-6-5-7-9-18/h10-12,14,16,18,22H,5-9,13H2,1-4H3,(H,23,25)(H,24,26). The predicted octanol–water partition coefficient (Wildman–Crippen LogP) is 3.63. The van der Waals surface area contributed by atoms with Crippen LogP contribution in [0.1, 0.15) is 68.8 Å². The van der Waals surface area contributed by atoms with Crippen molar-refractivity contribution < 1.29 is 9.59 Å². The first-order valence-electron chi connectivity index (χ1n) is 9.81. The molecule has 0 aliphatic heterocycles. The van der Waals surface area contributed by atoms with Gasteiger partial charge in [-0.2, -0.15) is 0 Å². The molecule has 1 saturated carbocycles. The maximum Gasteiger partial charge on any atom is 0.251 e. The van der Waals surface area contributed by atoms with Gasteiger partial charge in [-0.15, -0.1) is 0 Å². The molecule has 0 aromatic heterocycles. The Kier molecular flexibility index (Phi) is 7.49. The topological polar surface area (TPSA) is 70.2 Å². The van der Waals surface area contributed by atoms with E-state index in [2.05, 4.69) is 29.8 Å². The average Bonchev–Trinajstić information content (AvgIpc) is 2.61. The first-order chi connectivity index (χ1) is 12.4. The van der Waals surface area contributed by atoms with Gasteiger partial charge in [0.25, 0.3) is 5.91 Å². The number of carbonyl (C=O) groups is 2. The average molecular weight is 360 g/mol. The van der Waals surface area contributed by atoms with Gasteiger partial charge < -0.3 is 16.0 Å². The normalized spacial score (nSPS) is 16.2. The molecule has 1 aliphatic rings. The second-order valence-electron chi connectivity index (χ2n) is 7.79. The lowest BCUT2D eigenvalue weighted by molar-refractivity contribution is -0.120. The summed E-state index contributed by atoms with van der Waals surface area (Å²) in [6.45, 7) is 8.35. The summed E-state index contributed by atoms with van der Waals surface area (Å²) >= 11 is 0. The summed E-state index contributed by atoms with van der Waals surface area (Å²) in [6, 6.07) is 6.04. The van der Waals surface area contributed by atoms with Crippen molar-refractivity contribution in [3.8, 4) is 0 Å². The van der Waals surface area contributed by atoms with Gasteiger partial charge in [0.1, 0.15) is 0 Å². The molecular formula is C21H33N3O2. The monoisotopic (exact) mass is 359 g/mol. The van der Waals surface area contributed by atoms with E-state index in [0.717, 1.165) is 24.1 Å². The Hall–Kier alpha value is -2.04. The third-order valence-corrected chi connectivity index (χ3v) is 5.26. The molecule has 2 amide bonds. The van der Waals surface area contributed by atoms with Gasteiger partial charge >= 0.3 is 0 Å². The molecular weight excluding hydrogens is 326 g/mol. The highest BCUT2D eigenvalue weighted by molar-refractivity contribution is 5.95. The van der Waals surface area contributed by atoms with Crippen molar-refractivity contribution in [1.29, 1.82) is 0 Å². The summed E-state index contributed by atoms with van der Waals surface area (Å²) in [7, 11) is 0. The number of benzene rings is 1. The van der Waals surface area contributed by atoms with Gasteiger partial charge in [-0.25, -0.2) is 0 Å². The first-order valence-corrected chi connectivity index (χ1v) is 9.81. The van der Waals surface area contributed by atoms with Gasteiger partial charge in [0.05, 0.1) is 6.54 Å². The van der Waals surface area contributed by atoms with E-state index >= 15 is 0 Å². The minimum absolute atomic E-state index is 0.00458. The number of aryl methyl sites for hydroxylation is 1. The van der Waals surface area contributed by atoms with Crippen LogP contribution in [-0.4, -0.2) is 30.4 Å². The van der Waals surface area contributed by atoms with Crippen LogP contribution in [0.2, 0.25) is 0 Å². The molecule has 1 unspecified atom stereocenters. The zero-order chi connectivity index (χ0) is 19.1. The molecule has 1 aromatic carbocycles. The number of amides is 2. The highest BCUT2D eigenvalue weighted by Crippen LogP contribution is 2.19. The second-order valence-corrected chi connectivity index (χ2v) is 7.79. The third-order valence-electron chi connectivity index (χ3n) is 5.26. The van der Waals surface area contributed by atoms with Crippen LogP contribution in [0.3, 0.4) is 0 Å². The zero-order valence-electron chi connectivity index (χ0n) is 16.5. The van der Waals surface area contributed by atoms with Gasteiger partial charge in [-0.05, 0) is 56.4 Å². The van der Waals surface area contributed by atoms with Crippen molar-refractivity contribution in [3.05, 3.63) is 29.3 Å². The van der Waals surface area contributed by atoms with E-state index in [9.17, 15) is 9.59 Å². The molecule has 1 aromatic rings. The Labute approximate surface area is 157 Å². The molecule has 0 radical (unpaired) electrons. The fraction of sp³-hybridized carbons (Fsp3) is 0.619. The Bertz CT molecular complexity index is 622. The highest BCUT2D eigenvalue weighted by Gasteiger charge is 2.17. The van der Waals surface area contributed by atoms with Crippen molar-refractivity contribution >= 4 is 17.5 Å². The van der Waals surface area contributed by atoms with Crippen molar-refractivity contribution in [2.45, 2.75) is 71.9 Å². The van der Waals surface area contributed by atoms with Crippen molar-refractivity contribution in [2.24, 2.45) is 5.92 Å². The molecule has 1 atom stereocenters. The Morgan fingerprint density at radius 1 is 1.12 bits per heavy atom. The summed E-state index contributed by atoms with van der Waals surface area (Å²) < 4.78 is 0. The van der Waals surface area contributed by atoms with Crippen LogP contribution in [0.5, 0.6) is 0 Å². The molecule has 2 rings (SSSR count). The molecule has 144 valence electrons. The molecule has 1 fully saturated rings. The highest BCUT2D eigenvalue weighted by atomic mass is 16.2. The van der Waals surface area contributed by atoms with Crippen LogP contribution in [0.4, 0.5) is 5.69 Å². The number of hydrogen-bond acceptors (Lipinski definition) is 3. The van der Waals surface area contributed by atoms with Crippen molar-refractivity contribution in [2.75, 3.05) is 11.9 Å². The largest absolute Gasteiger partial charge is 0.376 e. The second kappa shape index (κ2) is 9.60. The van der Waals surface area contributed by atoms with Crippen LogP contribution in [0, 0.1) is 12.8 Å². The van der Waals surface area contributed by atoms with E-state index < -0.39 is 0 Å². The number of hydrogen-bond donors (Lipinski definition) is 3. The van der Waals surface area contributed by atoms with E-state index in [1.807, 2.05) is 32.0 Å². The fourth-order valence-corrected chi connectivity index (χ4v) is 3.17. The van der Waals surface area contributed by atoms with Crippen LogP contribution in [0.15, 0.2) is 18.2 Å². The Balaban J connectivity index is 1.88. The zero-order valence-corrected chi connectivity index (χ0v) is 16.5. The quantitative estimate of drug-likeness (QED) is 0.696. The van der Waals surface area contributed by atoms with Gasteiger partial charge in [0.2, 0.25) is 5.91 Å². The Morgan fingerprint density at radius 2 is 1.81 bits per heavy atom. The van der Waals surface area contributed by atoms with Crippen molar-refractivity contribution in [3.63, 3.8) is 0 Å². The Morgan fingerprint density at radius 3 is 2.42 bits per heavy atom. The molecule has 0 heterocycles. The molecule has 0 spiro atoms. The third kappa shape index (κ3) is 6.04. The molecule has 3 N–H and O–H groups in total. The summed E-state index contributed by atoms with van der Waals surface area (Å²) in [6.07, 6.45) is 5.83. The summed E-state index contributed by atoms with van der Waals surface area (Å²) in [5.74, 6) is 0.377. The lowest BCUT2D eigenvalue weighted by Crippen LogP contribution is -2.39. The van der Waals surface area contributed by atoms with Crippen LogP contribution >= 0.6 is 0 Å². The molecule has 5 nitrogen and oxygen atoms in total. The van der Waals surface area contributed by atoms with Crippen LogP contribution < -0.4 is 16.0 Å². The van der Waals surface area contributed by atoms with Crippen LogP contribution in [-0.2, 0) is 4.79 Å². The van der Waals surface area contributed by atoms with Gasteiger partial charge in [0, 0.05) is 23.3 Å². The van der Waals surface area contributed by atoms with E-state index in [1.165, 1.54) is 19.3 Å². The van der Waals surface area contributed by atoms with E-state index in [-0.39, 0.29) is 24.4 Å². The maximum absolute atomic E-state index is 12.4. The molecule has 0 bridgehead atoms. The molecule has 1 aliphatic carbocycles. The molecule has 26 heavy (non-hydrogen) atoms. The SMILES string of the molecule is Cc1cc(C(=O)NC2CCCCC2)ccc1NCC(=O)NC(C)C(C)C. The van der Waals surface area contributed by atoms with Gasteiger partial charge in [-0.3, -0.25) is 9.59 Å². The first kappa shape index (κ1) is 20.3. The summed E-state index contributed by atoms with van der Waals surface area (Å²) in [5, 5.41) is 9.28. The van der Waals surface area contributed by atoms with Gasteiger partial charge in [0.15, 0.2) is 0 Å². The summed E-state index contributed by atoms with van der Waals surface area (Å²) in [4.78, 5) is 24.4. The molecule has 5 heteroatoms. The lowest BCUT2D eigenvalue weighted by atomic mass is 9.95. The fourth-order valence-electron chi connectivity index (χ4n) is 3.17. The summed E-state index contributed by atoms with van der Waals surface area (Å²) in [5.41, 5.74) is 2.52. The molecule has 0 saturated heterocycles. The number of nitrogens with one attached hydrogen (secondary N) is 3. The van der Waals surface area contributed by atoms with E-state index in [1.54, 1.807) is 0 Å². The minimum Gasteiger partial charge on any atom is -0.376 e. The van der Waals surface area contributed by atoms with Crippen molar-refractivity contribution in [1.82, 2.24) is 10.6 Å². The van der Waals surface area contributed by atoms with Crippen LogP contribution in [0.25, 0.3) is 0 Å². The number of anilines is 1. The van der Waals surface area contributed by atoms with E-state index in [4.69, 9.17) is 0 Å². The minimum atomic E-state index is -0.0234. The maximum atomic E-state index is 12.4. The number of rotatable bonds is 7. The predicted molar refractivity (Wildman–Crippen MR) is 106 cm³/mol. The van der Waals surface area contributed by atoms with E-state index in [0.29, 0.717) is 17.5 Å². The smallest absolute Gasteiger partial charge is 0.251 e.